The fourth-order valence-electron chi connectivity index (χ4n) is 7.08. The Morgan fingerprint density at radius 3 is 2.77 bits per heavy atom. The van der Waals surface area contributed by atoms with E-state index < -0.39 is 5.97 Å². The second-order valence-corrected chi connectivity index (χ2v) is 9.83. The van der Waals surface area contributed by atoms with Crippen LogP contribution in [0.3, 0.4) is 0 Å². The van der Waals surface area contributed by atoms with Gasteiger partial charge in [0.1, 0.15) is 5.78 Å². The maximum Gasteiger partial charge on any atom is 0.307 e. The molecule has 1 N–H and O–H groups in total. The Kier molecular flexibility index (Phi) is 4.20. The molecule has 1 unspecified atom stereocenters. The SMILES string of the molecule is CCC1C[C@@]2(C)C(=CC[C@H]3[C@@H]4CC(CC(=O)O)=C[C@@]4(C)CC[C@@H]32)CC1=O. The summed E-state index contributed by atoms with van der Waals surface area (Å²) >= 11 is 0. The van der Waals surface area contributed by atoms with E-state index in [-0.39, 0.29) is 23.2 Å². The van der Waals surface area contributed by atoms with Gasteiger partial charge in [0.05, 0.1) is 6.42 Å². The molecular weight excluding hydrogens is 324 g/mol. The van der Waals surface area contributed by atoms with E-state index in [1.807, 2.05) is 0 Å². The van der Waals surface area contributed by atoms with E-state index >= 15 is 0 Å². The van der Waals surface area contributed by atoms with Crippen molar-refractivity contribution >= 4 is 11.8 Å². The number of hydrogen-bond donors (Lipinski definition) is 1. The molecule has 4 aliphatic carbocycles. The molecular formula is C23H32O3. The molecule has 142 valence electrons. The van der Waals surface area contributed by atoms with E-state index in [0.29, 0.717) is 30.0 Å². The third kappa shape index (κ3) is 2.61. The molecule has 0 saturated heterocycles. The van der Waals surface area contributed by atoms with E-state index in [0.717, 1.165) is 37.7 Å². The number of fused-ring (bicyclic) bond motifs is 5. The summed E-state index contributed by atoms with van der Waals surface area (Å²) in [6, 6.07) is 0. The van der Waals surface area contributed by atoms with Crippen LogP contribution in [0.2, 0.25) is 0 Å². The van der Waals surface area contributed by atoms with Crippen molar-refractivity contribution in [1.29, 1.82) is 0 Å². The number of allylic oxidation sites excluding steroid dienone is 3. The van der Waals surface area contributed by atoms with Crippen molar-refractivity contribution in [2.24, 2.45) is 34.5 Å². The minimum absolute atomic E-state index is 0.169. The largest absolute Gasteiger partial charge is 0.481 e. The normalized spacial score (nSPS) is 44.5. The van der Waals surface area contributed by atoms with E-state index in [9.17, 15) is 14.7 Å². The number of carbonyl (C=O) groups excluding carboxylic acids is 1. The summed E-state index contributed by atoms with van der Waals surface area (Å²) in [5.41, 5.74) is 2.89. The second-order valence-electron chi connectivity index (χ2n) is 9.83. The van der Waals surface area contributed by atoms with Crippen molar-refractivity contribution in [2.45, 2.75) is 72.1 Å². The summed E-state index contributed by atoms with van der Waals surface area (Å²) in [7, 11) is 0. The molecule has 0 bridgehead atoms. The Morgan fingerprint density at radius 2 is 2.08 bits per heavy atom. The molecule has 4 aliphatic rings. The summed E-state index contributed by atoms with van der Waals surface area (Å²) in [5, 5.41) is 9.22. The van der Waals surface area contributed by atoms with Gasteiger partial charge in [-0.1, -0.05) is 44.1 Å². The maximum atomic E-state index is 12.5. The first-order chi connectivity index (χ1) is 12.3. The van der Waals surface area contributed by atoms with Crippen LogP contribution in [0.1, 0.15) is 72.1 Å². The number of hydrogen-bond acceptors (Lipinski definition) is 2. The number of aliphatic carboxylic acids is 1. The molecule has 2 saturated carbocycles. The predicted octanol–water partition coefficient (Wildman–Crippen LogP) is 5.17. The summed E-state index contributed by atoms with van der Waals surface area (Å²) in [6.45, 7) is 6.93. The lowest BCUT2D eigenvalue weighted by Crippen LogP contribution is -2.50. The Bertz CT molecular complexity index is 702. The van der Waals surface area contributed by atoms with Crippen LogP contribution in [-0.2, 0) is 9.59 Å². The van der Waals surface area contributed by atoms with Crippen molar-refractivity contribution in [1.82, 2.24) is 0 Å². The quantitative estimate of drug-likeness (QED) is 0.710. The average molecular weight is 357 g/mol. The lowest BCUT2D eigenvalue weighted by Gasteiger charge is -2.57. The highest BCUT2D eigenvalue weighted by Crippen LogP contribution is 2.64. The minimum Gasteiger partial charge on any atom is -0.481 e. The van der Waals surface area contributed by atoms with Gasteiger partial charge in [0.15, 0.2) is 0 Å². The van der Waals surface area contributed by atoms with Gasteiger partial charge in [-0.25, -0.2) is 0 Å². The van der Waals surface area contributed by atoms with Crippen LogP contribution < -0.4 is 0 Å². The fourth-order valence-corrected chi connectivity index (χ4v) is 7.08. The molecule has 0 aromatic heterocycles. The molecule has 0 spiro atoms. The van der Waals surface area contributed by atoms with Crippen molar-refractivity contribution in [3.8, 4) is 0 Å². The highest BCUT2D eigenvalue weighted by molar-refractivity contribution is 5.85. The number of ketones is 1. The summed E-state index contributed by atoms with van der Waals surface area (Å²) in [4.78, 5) is 23.7. The highest BCUT2D eigenvalue weighted by Gasteiger charge is 2.56. The first-order valence-corrected chi connectivity index (χ1v) is 10.4. The van der Waals surface area contributed by atoms with E-state index in [1.165, 1.54) is 12.0 Å². The van der Waals surface area contributed by atoms with Crippen LogP contribution >= 0.6 is 0 Å². The van der Waals surface area contributed by atoms with Crippen LogP contribution in [0.15, 0.2) is 23.3 Å². The Morgan fingerprint density at radius 1 is 1.31 bits per heavy atom. The van der Waals surface area contributed by atoms with E-state index in [1.54, 1.807) is 0 Å². The smallest absolute Gasteiger partial charge is 0.307 e. The molecule has 6 atom stereocenters. The first-order valence-electron chi connectivity index (χ1n) is 10.4. The Labute approximate surface area is 156 Å². The molecule has 0 aliphatic heterocycles. The van der Waals surface area contributed by atoms with Crippen molar-refractivity contribution in [2.75, 3.05) is 0 Å². The molecule has 4 rings (SSSR count). The Balaban J connectivity index is 1.63. The molecule has 0 aromatic carbocycles. The molecule has 0 aromatic rings. The van der Waals surface area contributed by atoms with Gasteiger partial charge >= 0.3 is 5.97 Å². The number of rotatable bonds is 3. The summed E-state index contributed by atoms with van der Waals surface area (Å²) < 4.78 is 0. The zero-order valence-electron chi connectivity index (χ0n) is 16.4. The molecule has 2 fully saturated rings. The topological polar surface area (TPSA) is 54.4 Å². The fraction of sp³-hybridized carbons (Fsp3) is 0.739. The summed E-state index contributed by atoms with van der Waals surface area (Å²) in [6.07, 6.45) is 12.0. The van der Waals surface area contributed by atoms with Crippen LogP contribution in [0, 0.1) is 34.5 Å². The third-order valence-corrected chi connectivity index (χ3v) is 8.44. The molecule has 3 heteroatoms. The predicted molar refractivity (Wildman–Crippen MR) is 102 cm³/mol. The van der Waals surface area contributed by atoms with Gasteiger partial charge < -0.3 is 5.11 Å². The van der Waals surface area contributed by atoms with Gasteiger partial charge in [-0.15, -0.1) is 0 Å². The van der Waals surface area contributed by atoms with Gasteiger partial charge in [0.2, 0.25) is 0 Å². The standard InChI is InChI=1S/C23H32O3/c1-4-15-13-23(3)16(11-20(15)24)5-6-17-18(23)7-8-22(2)12-14(9-19(17)22)10-21(25)26/h5,12,15,17-19H,4,6-11,13H2,1-3H3,(H,25,26)/t15?,17-,18+,19+,22-,23+/m1/s1. The van der Waals surface area contributed by atoms with E-state index in [4.69, 9.17) is 0 Å². The van der Waals surface area contributed by atoms with Crippen LogP contribution in [0.5, 0.6) is 0 Å². The van der Waals surface area contributed by atoms with Crippen LogP contribution in [0.4, 0.5) is 0 Å². The maximum absolute atomic E-state index is 12.5. The first kappa shape index (κ1) is 18.0. The van der Waals surface area contributed by atoms with E-state index in [2.05, 4.69) is 32.9 Å². The van der Waals surface area contributed by atoms with Gasteiger partial charge in [-0.3, -0.25) is 9.59 Å². The molecule has 0 radical (unpaired) electrons. The zero-order valence-corrected chi connectivity index (χ0v) is 16.4. The number of carboxylic acids is 1. The molecule has 0 heterocycles. The third-order valence-electron chi connectivity index (χ3n) is 8.44. The van der Waals surface area contributed by atoms with Crippen molar-refractivity contribution < 1.29 is 14.7 Å². The number of carboxylic acid groups (broad SMARTS) is 1. The second kappa shape index (κ2) is 6.07. The highest BCUT2D eigenvalue weighted by atomic mass is 16.4. The molecule has 0 amide bonds. The lowest BCUT2D eigenvalue weighted by molar-refractivity contribution is -0.136. The van der Waals surface area contributed by atoms with Crippen LogP contribution in [0.25, 0.3) is 0 Å². The lowest BCUT2D eigenvalue weighted by atomic mass is 9.47. The molecule has 3 nitrogen and oxygen atoms in total. The summed E-state index contributed by atoms with van der Waals surface area (Å²) in [5.74, 6) is 1.83. The number of carbonyl (C=O) groups is 2. The minimum atomic E-state index is -0.704. The van der Waals surface area contributed by atoms with Crippen molar-refractivity contribution in [3.05, 3.63) is 23.3 Å². The average Bonchev–Trinajstić information content (AvgIpc) is 2.90. The van der Waals surface area contributed by atoms with Gasteiger partial charge in [-0.2, -0.15) is 0 Å². The van der Waals surface area contributed by atoms with Gasteiger partial charge in [-0.05, 0) is 67.1 Å². The molecule has 26 heavy (non-hydrogen) atoms. The monoisotopic (exact) mass is 356 g/mol. The number of Topliss-reactive ketones (excluding diaryl/α,β-unsaturated/α-hetero) is 1. The van der Waals surface area contributed by atoms with Crippen LogP contribution in [-0.4, -0.2) is 16.9 Å². The van der Waals surface area contributed by atoms with Crippen molar-refractivity contribution in [3.63, 3.8) is 0 Å². The zero-order chi connectivity index (χ0) is 18.7. The van der Waals surface area contributed by atoms with Gasteiger partial charge in [0, 0.05) is 12.3 Å². The Hall–Kier alpha value is -1.38. The van der Waals surface area contributed by atoms with Gasteiger partial charge in [0.25, 0.3) is 0 Å².